The van der Waals surface area contributed by atoms with Gasteiger partial charge in [0.1, 0.15) is 0 Å². The van der Waals surface area contributed by atoms with E-state index >= 15 is 0 Å². The Morgan fingerprint density at radius 1 is 1.27 bits per heavy atom. The van der Waals surface area contributed by atoms with Crippen LogP contribution in [0.3, 0.4) is 0 Å². The van der Waals surface area contributed by atoms with Crippen LogP contribution >= 0.6 is 0 Å². The second kappa shape index (κ2) is 6.13. The minimum Gasteiger partial charge on any atom is -0.444 e. The van der Waals surface area contributed by atoms with Gasteiger partial charge in [-0.15, -0.1) is 0 Å². The lowest BCUT2D eigenvalue weighted by atomic mass is 10.1. The van der Waals surface area contributed by atoms with Crippen molar-refractivity contribution in [1.29, 1.82) is 0 Å². The van der Waals surface area contributed by atoms with Crippen LogP contribution in [0.2, 0.25) is 0 Å². The fourth-order valence-electron chi connectivity index (χ4n) is 1.73. The molecule has 0 bridgehead atoms. The molecule has 0 aromatic rings. The van der Waals surface area contributed by atoms with Gasteiger partial charge in [-0.25, -0.2) is 0 Å². The molecule has 0 aromatic heterocycles. The Hall–Kier alpha value is -0.540. The van der Waals surface area contributed by atoms with Crippen LogP contribution in [-0.4, -0.2) is 20.2 Å². The van der Waals surface area contributed by atoms with Crippen LogP contribution in [0.1, 0.15) is 45.4 Å². The van der Waals surface area contributed by atoms with Gasteiger partial charge in [-0.2, -0.15) is 0 Å². The highest BCUT2D eigenvalue weighted by molar-refractivity contribution is 5.01. The Morgan fingerprint density at radius 3 is 2.53 bits per heavy atom. The Kier molecular flexibility index (Phi) is 5.12. The van der Waals surface area contributed by atoms with E-state index in [0.29, 0.717) is 6.42 Å². The van der Waals surface area contributed by atoms with E-state index in [2.05, 4.69) is 13.0 Å². The van der Waals surface area contributed by atoms with Crippen molar-refractivity contribution in [2.75, 3.05) is 14.2 Å². The van der Waals surface area contributed by atoms with Crippen LogP contribution in [-0.2, 0) is 14.2 Å². The maximum atomic E-state index is 5.64. The van der Waals surface area contributed by atoms with E-state index in [-0.39, 0.29) is 0 Å². The summed E-state index contributed by atoms with van der Waals surface area (Å²) in [6, 6.07) is 0. The average Bonchev–Trinajstić information content (AvgIpc) is 2.69. The Morgan fingerprint density at radius 2 is 2.00 bits per heavy atom. The molecule has 0 amide bonds. The number of hydrogen-bond acceptors (Lipinski definition) is 3. The van der Waals surface area contributed by atoms with Crippen LogP contribution in [0, 0.1) is 0 Å². The lowest BCUT2D eigenvalue weighted by Crippen LogP contribution is -2.32. The first-order valence-electron chi connectivity index (χ1n) is 5.74. The summed E-state index contributed by atoms with van der Waals surface area (Å²) >= 11 is 0. The third-order valence-corrected chi connectivity index (χ3v) is 2.77. The van der Waals surface area contributed by atoms with Gasteiger partial charge in [0.2, 0.25) is 0 Å². The summed E-state index contributed by atoms with van der Waals surface area (Å²) in [6.45, 7) is 2.21. The molecular formula is C12H22O3. The summed E-state index contributed by atoms with van der Waals surface area (Å²) in [6.07, 6.45) is 8.76. The summed E-state index contributed by atoms with van der Waals surface area (Å²) in [5.41, 5.74) is 0. The lowest BCUT2D eigenvalue weighted by molar-refractivity contribution is -0.335. The third-order valence-electron chi connectivity index (χ3n) is 2.77. The normalized spacial score (nSPS) is 18.7. The Labute approximate surface area is 92.4 Å². The topological polar surface area (TPSA) is 27.7 Å². The van der Waals surface area contributed by atoms with Crippen molar-refractivity contribution in [3.63, 3.8) is 0 Å². The van der Waals surface area contributed by atoms with E-state index in [1.165, 1.54) is 25.7 Å². The van der Waals surface area contributed by atoms with Gasteiger partial charge in [-0.05, 0) is 12.5 Å². The highest BCUT2D eigenvalue weighted by Crippen LogP contribution is 2.31. The second-order valence-electron chi connectivity index (χ2n) is 3.88. The van der Waals surface area contributed by atoms with Gasteiger partial charge < -0.3 is 14.2 Å². The van der Waals surface area contributed by atoms with Crippen LogP contribution in [0.5, 0.6) is 0 Å². The molecule has 0 N–H and O–H groups in total. The van der Waals surface area contributed by atoms with E-state index in [1.807, 2.05) is 0 Å². The third kappa shape index (κ3) is 3.50. The van der Waals surface area contributed by atoms with Crippen molar-refractivity contribution in [2.45, 2.75) is 51.4 Å². The highest BCUT2D eigenvalue weighted by Gasteiger charge is 2.36. The second-order valence-corrected chi connectivity index (χ2v) is 3.88. The zero-order chi connectivity index (χ0) is 11.1. The maximum absolute atomic E-state index is 5.64. The molecule has 0 radical (unpaired) electrons. The molecule has 1 heterocycles. The average molecular weight is 214 g/mol. The molecule has 0 saturated heterocycles. The summed E-state index contributed by atoms with van der Waals surface area (Å²) in [5, 5.41) is 0. The van der Waals surface area contributed by atoms with Gasteiger partial charge in [0, 0.05) is 20.6 Å². The van der Waals surface area contributed by atoms with E-state index in [1.54, 1.807) is 14.2 Å². The zero-order valence-electron chi connectivity index (χ0n) is 10.0. The number of hydrogen-bond donors (Lipinski definition) is 0. The van der Waals surface area contributed by atoms with Gasteiger partial charge in [-0.1, -0.05) is 26.2 Å². The maximum Gasteiger partial charge on any atom is 0.329 e. The van der Waals surface area contributed by atoms with Crippen LogP contribution < -0.4 is 0 Å². The molecule has 0 aliphatic carbocycles. The number of ether oxygens (including phenoxy) is 3. The fraction of sp³-hybridized carbons (Fsp3) is 0.833. The molecule has 3 nitrogen and oxygen atoms in total. The molecular weight excluding hydrogens is 192 g/mol. The molecule has 3 heteroatoms. The molecule has 0 fully saturated rings. The smallest absolute Gasteiger partial charge is 0.329 e. The first kappa shape index (κ1) is 12.5. The molecule has 1 aliphatic rings. The molecule has 0 spiro atoms. The first-order chi connectivity index (χ1) is 7.26. The van der Waals surface area contributed by atoms with Crippen molar-refractivity contribution < 1.29 is 14.2 Å². The van der Waals surface area contributed by atoms with Crippen LogP contribution in [0.4, 0.5) is 0 Å². The van der Waals surface area contributed by atoms with E-state index < -0.39 is 5.97 Å². The lowest BCUT2D eigenvalue weighted by Gasteiger charge is -2.25. The molecule has 1 rings (SSSR count). The molecule has 1 aliphatic heterocycles. The SMILES string of the molecule is CCCCCCC1=CCC(OC)(OC)O1. The summed E-state index contributed by atoms with van der Waals surface area (Å²) in [4.78, 5) is 0. The zero-order valence-corrected chi connectivity index (χ0v) is 10.0. The Bertz CT molecular complexity index is 207. The van der Waals surface area contributed by atoms with Gasteiger partial charge in [0.25, 0.3) is 0 Å². The minimum atomic E-state index is -0.847. The van der Waals surface area contributed by atoms with Crippen molar-refractivity contribution in [3.8, 4) is 0 Å². The number of unbranched alkanes of at least 4 members (excludes halogenated alkanes) is 3. The van der Waals surface area contributed by atoms with Crippen molar-refractivity contribution in [1.82, 2.24) is 0 Å². The molecule has 88 valence electrons. The van der Waals surface area contributed by atoms with Crippen molar-refractivity contribution >= 4 is 0 Å². The van der Waals surface area contributed by atoms with E-state index in [4.69, 9.17) is 14.2 Å². The van der Waals surface area contributed by atoms with Crippen LogP contribution in [0.15, 0.2) is 11.8 Å². The Balaban J connectivity index is 2.23. The highest BCUT2D eigenvalue weighted by atomic mass is 16.9. The molecule has 0 unspecified atom stereocenters. The first-order valence-corrected chi connectivity index (χ1v) is 5.74. The quantitative estimate of drug-likeness (QED) is 0.481. The predicted octanol–water partition coefficient (Wildman–Crippen LogP) is 3.21. The monoisotopic (exact) mass is 214 g/mol. The van der Waals surface area contributed by atoms with Crippen molar-refractivity contribution in [2.24, 2.45) is 0 Å². The van der Waals surface area contributed by atoms with Crippen molar-refractivity contribution in [3.05, 3.63) is 11.8 Å². The van der Waals surface area contributed by atoms with E-state index in [0.717, 1.165) is 12.2 Å². The standard InChI is InChI=1S/C12H22O3/c1-4-5-6-7-8-11-9-10-12(13-2,14-3)15-11/h9H,4-8,10H2,1-3H3. The largest absolute Gasteiger partial charge is 0.444 e. The minimum absolute atomic E-state index is 0.684. The number of rotatable bonds is 7. The van der Waals surface area contributed by atoms with Gasteiger partial charge in [-0.3, -0.25) is 0 Å². The molecule has 0 aromatic carbocycles. The number of methoxy groups -OCH3 is 2. The van der Waals surface area contributed by atoms with Gasteiger partial charge in [0.05, 0.1) is 12.2 Å². The summed E-state index contributed by atoms with van der Waals surface area (Å²) < 4.78 is 16.1. The number of allylic oxidation sites excluding steroid dienone is 1. The fourth-order valence-corrected chi connectivity index (χ4v) is 1.73. The summed E-state index contributed by atoms with van der Waals surface area (Å²) in [5.74, 6) is 0.162. The molecule has 15 heavy (non-hydrogen) atoms. The summed E-state index contributed by atoms with van der Waals surface area (Å²) in [7, 11) is 3.22. The van der Waals surface area contributed by atoms with Gasteiger partial charge in [0.15, 0.2) is 0 Å². The van der Waals surface area contributed by atoms with E-state index in [9.17, 15) is 0 Å². The molecule has 0 saturated carbocycles. The van der Waals surface area contributed by atoms with Gasteiger partial charge >= 0.3 is 5.97 Å². The van der Waals surface area contributed by atoms with Crippen LogP contribution in [0.25, 0.3) is 0 Å². The predicted molar refractivity (Wildman–Crippen MR) is 59.3 cm³/mol. The molecule has 0 atom stereocenters.